The van der Waals surface area contributed by atoms with Crippen LogP contribution in [-0.4, -0.2) is 37.2 Å². The summed E-state index contributed by atoms with van der Waals surface area (Å²) in [4.78, 5) is 37.6. The van der Waals surface area contributed by atoms with Crippen LogP contribution in [0.1, 0.15) is 149 Å². The minimum Gasteiger partial charge on any atom is -0.462 e. The quantitative estimate of drug-likeness (QED) is 0.0272. The lowest BCUT2D eigenvalue weighted by atomic mass is 10.1. The van der Waals surface area contributed by atoms with Crippen LogP contribution in [-0.2, 0) is 28.6 Å². The van der Waals surface area contributed by atoms with Gasteiger partial charge in [0.05, 0.1) is 0 Å². The molecule has 0 saturated carbocycles. The Morgan fingerprint density at radius 2 is 0.702 bits per heavy atom. The van der Waals surface area contributed by atoms with Crippen molar-refractivity contribution in [1.82, 2.24) is 0 Å². The van der Waals surface area contributed by atoms with Crippen LogP contribution in [0.3, 0.4) is 0 Å². The van der Waals surface area contributed by atoms with E-state index >= 15 is 0 Å². The van der Waals surface area contributed by atoms with E-state index < -0.39 is 12.1 Å². The monoisotopic (exact) mass is 785 g/mol. The molecule has 0 heterocycles. The molecular weight excluding hydrogens is 709 g/mol. The lowest BCUT2D eigenvalue weighted by Gasteiger charge is -2.18. The average molecular weight is 785 g/mol. The third-order valence-corrected chi connectivity index (χ3v) is 8.44. The molecule has 0 radical (unpaired) electrons. The molecule has 0 spiro atoms. The topological polar surface area (TPSA) is 78.9 Å². The van der Waals surface area contributed by atoms with E-state index in [2.05, 4.69) is 39.0 Å². The highest BCUT2D eigenvalue weighted by Gasteiger charge is 2.19. The van der Waals surface area contributed by atoms with Crippen molar-refractivity contribution in [1.29, 1.82) is 0 Å². The zero-order chi connectivity index (χ0) is 41.5. The predicted molar refractivity (Wildman–Crippen MR) is 242 cm³/mol. The molecule has 0 N–H and O–H groups in total. The van der Waals surface area contributed by atoms with Gasteiger partial charge in [0.1, 0.15) is 13.2 Å². The molecule has 0 aromatic rings. The van der Waals surface area contributed by atoms with Crippen molar-refractivity contribution in [3.05, 3.63) is 134 Å². The van der Waals surface area contributed by atoms with Crippen molar-refractivity contribution in [2.45, 2.75) is 155 Å². The molecule has 0 fully saturated rings. The summed E-state index contributed by atoms with van der Waals surface area (Å²) in [5.74, 6) is -1.07. The number of carbonyl (C=O) groups excluding carboxylic acids is 3. The first-order chi connectivity index (χ1) is 28.0. The third-order valence-electron chi connectivity index (χ3n) is 8.44. The number of carbonyl (C=O) groups is 3. The van der Waals surface area contributed by atoms with Gasteiger partial charge in [0, 0.05) is 19.3 Å². The minimum absolute atomic E-state index is 0.126. The average Bonchev–Trinajstić information content (AvgIpc) is 3.21. The molecule has 0 amide bonds. The molecule has 316 valence electrons. The highest BCUT2D eigenvalue weighted by Crippen LogP contribution is 2.12. The molecule has 0 saturated heterocycles. The van der Waals surface area contributed by atoms with E-state index in [1.54, 1.807) is 0 Å². The summed E-state index contributed by atoms with van der Waals surface area (Å²) in [7, 11) is 0. The summed E-state index contributed by atoms with van der Waals surface area (Å²) in [6.07, 6.45) is 61.5. The zero-order valence-corrected chi connectivity index (χ0v) is 35.8. The van der Waals surface area contributed by atoms with Crippen LogP contribution in [0.4, 0.5) is 0 Å². The SMILES string of the molecule is CC\C=C/C=C\C=C/C=C\C=C/CCCC(=O)OC(COC(=O)CCCCC\C=C/C=C/C=C\C=C/C=C\C=C/CC)COC(=O)CCCCCCCCCCC. The van der Waals surface area contributed by atoms with Crippen LogP contribution in [0.2, 0.25) is 0 Å². The Kier molecular flexibility index (Phi) is 40.8. The Labute approximate surface area is 347 Å². The molecule has 57 heavy (non-hydrogen) atoms. The fraction of sp³-hybridized carbons (Fsp3) is 0.510. The van der Waals surface area contributed by atoms with Crippen molar-refractivity contribution in [2.24, 2.45) is 0 Å². The number of hydrogen-bond acceptors (Lipinski definition) is 6. The highest BCUT2D eigenvalue weighted by molar-refractivity contribution is 5.71. The maximum atomic E-state index is 12.7. The highest BCUT2D eigenvalue weighted by atomic mass is 16.6. The summed E-state index contributed by atoms with van der Waals surface area (Å²) in [5.41, 5.74) is 0. The lowest BCUT2D eigenvalue weighted by molar-refractivity contribution is -0.167. The van der Waals surface area contributed by atoms with Crippen molar-refractivity contribution < 1.29 is 28.6 Å². The molecular formula is C51H76O6. The number of hydrogen-bond donors (Lipinski definition) is 0. The molecule has 0 bridgehead atoms. The lowest BCUT2D eigenvalue weighted by Crippen LogP contribution is -2.30. The molecule has 0 rings (SSSR count). The Bertz CT molecular complexity index is 1320. The maximum Gasteiger partial charge on any atom is 0.306 e. The molecule has 6 nitrogen and oxygen atoms in total. The molecule has 0 aromatic carbocycles. The smallest absolute Gasteiger partial charge is 0.306 e. The second-order valence-electron chi connectivity index (χ2n) is 13.8. The van der Waals surface area contributed by atoms with Crippen LogP contribution < -0.4 is 0 Å². The van der Waals surface area contributed by atoms with E-state index in [1.165, 1.54) is 38.5 Å². The van der Waals surface area contributed by atoms with Crippen LogP contribution in [0, 0.1) is 0 Å². The summed E-state index contributed by atoms with van der Waals surface area (Å²) in [6, 6.07) is 0. The minimum atomic E-state index is -0.834. The van der Waals surface area contributed by atoms with Crippen LogP contribution >= 0.6 is 0 Å². The van der Waals surface area contributed by atoms with E-state index in [-0.39, 0.29) is 38.0 Å². The Morgan fingerprint density at radius 3 is 1.12 bits per heavy atom. The third kappa shape index (κ3) is 42.5. The Morgan fingerprint density at radius 1 is 0.368 bits per heavy atom. The van der Waals surface area contributed by atoms with Gasteiger partial charge in [-0.1, -0.05) is 212 Å². The summed E-state index contributed by atoms with van der Waals surface area (Å²) in [5, 5.41) is 0. The molecule has 0 aliphatic rings. The standard InChI is InChI=1S/C51H76O6/c1-4-7-10-13-16-19-21-23-24-25-26-28-29-32-35-38-41-44-50(53)56-47-48(46-55-49(52)43-40-37-34-31-18-15-12-9-6-3)57-51(54)45-42-39-36-33-30-27-22-20-17-14-11-8-5-2/h7-8,10-11,13-14,16-17,19-30,33,36,48H,4-6,9,12,15,18,31-32,34-35,37-47H2,1-3H3/b10-7-,11-8-,16-13-,17-14-,21-19-,22-20-,24-23-,26-25+,29-28-,30-27-,36-33-. The molecule has 0 aliphatic heterocycles. The molecule has 1 atom stereocenters. The van der Waals surface area contributed by atoms with Gasteiger partial charge >= 0.3 is 17.9 Å². The first kappa shape index (κ1) is 52.5. The van der Waals surface area contributed by atoms with E-state index in [1.807, 2.05) is 115 Å². The molecule has 6 heteroatoms. The number of allylic oxidation sites excluding steroid dienone is 22. The molecule has 1 unspecified atom stereocenters. The number of unbranched alkanes of at least 4 members (excludes halogenated alkanes) is 12. The normalized spacial score (nSPS) is 13.4. The second-order valence-corrected chi connectivity index (χ2v) is 13.8. The largest absolute Gasteiger partial charge is 0.462 e. The van der Waals surface area contributed by atoms with Crippen molar-refractivity contribution >= 4 is 17.9 Å². The summed E-state index contributed by atoms with van der Waals surface area (Å²) in [6.45, 7) is 6.18. The van der Waals surface area contributed by atoms with Crippen LogP contribution in [0.25, 0.3) is 0 Å². The van der Waals surface area contributed by atoms with E-state index in [9.17, 15) is 14.4 Å². The molecule has 0 aromatic heterocycles. The van der Waals surface area contributed by atoms with Gasteiger partial charge < -0.3 is 14.2 Å². The fourth-order valence-corrected chi connectivity index (χ4v) is 5.21. The van der Waals surface area contributed by atoms with Gasteiger partial charge in [0.25, 0.3) is 0 Å². The first-order valence-electron chi connectivity index (χ1n) is 21.8. The second kappa shape index (κ2) is 44.3. The zero-order valence-electron chi connectivity index (χ0n) is 35.8. The van der Waals surface area contributed by atoms with Gasteiger partial charge in [-0.25, -0.2) is 0 Å². The van der Waals surface area contributed by atoms with Gasteiger partial charge in [-0.2, -0.15) is 0 Å². The first-order valence-corrected chi connectivity index (χ1v) is 21.8. The van der Waals surface area contributed by atoms with Gasteiger partial charge in [-0.05, 0) is 51.4 Å². The fourth-order valence-electron chi connectivity index (χ4n) is 5.21. The van der Waals surface area contributed by atoms with E-state index in [0.29, 0.717) is 19.3 Å². The van der Waals surface area contributed by atoms with Crippen molar-refractivity contribution in [2.75, 3.05) is 13.2 Å². The van der Waals surface area contributed by atoms with Crippen molar-refractivity contribution in [3.63, 3.8) is 0 Å². The number of esters is 3. The van der Waals surface area contributed by atoms with Crippen molar-refractivity contribution in [3.8, 4) is 0 Å². The molecule has 0 aliphatic carbocycles. The van der Waals surface area contributed by atoms with E-state index in [4.69, 9.17) is 14.2 Å². The number of ether oxygens (including phenoxy) is 3. The van der Waals surface area contributed by atoms with Gasteiger partial charge in [-0.3, -0.25) is 14.4 Å². The predicted octanol–water partition coefficient (Wildman–Crippen LogP) is 14.0. The van der Waals surface area contributed by atoms with E-state index in [0.717, 1.165) is 57.8 Å². The number of rotatable bonds is 36. The Balaban J connectivity index is 4.61. The maximum absolute atomic E-state index is 12.7. The summed E-state index contributed by atoms with van der Waals surface area (Å²) < 4.78 is 16.6. The van der Waals surface area contributed by atoms with Crippen LogP contribution in [0.15, 0.2) is 134 Å². The van der Waals surface area contributed by atoms with Gasteiger partial charge in [0.15, 0.2) is 6.10 Å². The van der Waals surface area contributed by atoms with Crippen LogP contribution in [0.5, 0.6) is 0 Å². The Hall–Kier alpha value is -4.45. The van der Waals surface area contributed by atoms with Gasteiger partial charge in [-0.15, -0.1) is 0 Å². The summed E-state index contributed by atoms with van der Waals surface area (Å²) >= 11 is 0. The van der Waals surface area contributed by atoms with Gasteiger partial charge in [0.2, 0.25) is 0 Å².